The molecule has 1 aliphatic rings. The van der Waals surface area contributed by atoms with Gasteiger partial charge >= 0.3 is 0 Å². The summed E-state index contributed by atoms with van der Waals surface area (Å²) in [4.78, 5) is 14.4. The fourth-order valence-corrected chi connectivity index (χ4v) is 3.15. The maximum atomic E-state index is 12.2. The van der Waals surface area contributed by atoms with E-state index in [1.54, 1.807) is 21.3 Å². The number of likely N-dealkylation sites (tertiary alicyclic amines) is 1. The number of amides is 1. The number of rotatable bonds is 9. The summed E-state index contributed by atoms with van der Waals surface area (Å²) in [5.41, 5.74) is 1.08. The maximum Gasteiger partial charge on any atom is 0.234 e. The number of ether oxygens (including phenoxy) is 3. The van der Waals surface area contributed by atoms with Crippen molar-refractivity contribution in [1.29, 1.82) is 0 Å². The lowest BCUT2D eigenvalue weighted by Crippen LogP contribution is -2.37. The van der Waals surface area contributed by atoms with Gasteiger partial charge in [-0.15, -0.1) is 0 Å². The Morgan fingerprint density at radius 1 is 1.29 bits per heavy atom. The van der Waals surface area contributed by atoms with Crippen molar-refractivity contribution in [2.45, 2.75) is 25.3 Å². The van der Waals surface area contributed by atoms with Gasteiger partial charge in [0.05, 0.1) is 20.8 Å². The van der Waals surface area contributed by atoms with Crippen LogP contribution in [0, 0.1) is 0 Å². The number of benzene rings is 1. The van der Waals surface area contributed by atoms with Crippen molar-refractivity contribution in [2.24, 2.45) is 0 Å². The predicted octanol–water partition coefficient (Wildman–Crippen LogP) is 1.99. The molecule has 1 saturated heterocycles. The molecule has 6 heteroatoms. The second-order valence-corrected chi connectivity index (χ2v) is 5.93. The Labute approximate surface area is 144 Å². The Morgan fingerprint density at radius 2 is 2.12 bits per heavy atom. The Kier molecular flexibility index (Phi) is 7.34. The minimum Gasteiger partial charge on any atom is -0.497 e. The monoisotopic (exact) mass is 336 g/mol. The molecular formula is C18H28N2O4. The smallest absolute Gasteiger partial charge is 0.234 e. The van der Waals surface area contributed by atoms with Crippen LogP contribution in [-0.4, -0.2) is 58.4 Å². The lowest BCUT2D eigenvalue weighted by molar-refractivity contribution is -0.122. The standard InChI is InChI=1S/C18H28N2O4/c1-22-11-5-9-19-18(21)13-20-10-4-6-16(20)15-12-14(23-2)7-8-17(15)24-3/h7-8,12,16H,4-6,9-11,13H2,1-3H3,(H,19,21). The summed E-state index contributed by atoms with van der Waals surface area (Å²) in [6.45, 7) is 2.62. The van der Waals surface area contributed by atoms with Gasteiger partial charge in [-0.3, -0.25) is 9.69 Å². The minimum atomic E-state index is 0.0554. The number of nitrogens with one attached hydrogen (secondary N) is 1. The van der Waals surface area contributed by atoms with Gasteiger partial charge in [0.15, 0.2) is 0 Å². The zero-order chi connectivity index (χ0) is 17.4. The summed E-state index contributed by atoms with van der Waals surface area (Å²) >= 11 is 0. The highest BCUT2D eigenvalue weighted by atomic mass is 16.5. The van der Waals surface area contributed by atoms with Crippen LogP contribution < -0.4 is 14.8 Å². The van der Waals surface area contributed by atoms with E-state index in [1.807, 2.05) is 18.2 Å². The Bertz CT molecular complexity index is 536. The van der Waals surface area contributed by atoms with Crippen LogP contribution >= 0.6 is 0 Å². The molecule has 1 atom stereocenters. The van der Waals surface area contributed by atoms with E-state index in [2.05, 4.69) is 10.2 Å². The summed E-state index contributed by atoms with van der Waals surface area (Å²) in [7, 11) is 5.00. The molecule has 1 amide bonds. The average Bonchev–Trinajstić information content (AvgIpc) is 3.06. The van der Waals surface area contributed by atoms with Gasteiger partial charge in [0.1, 0.15) is 11.5 Å². The largest absolute Gasteiger partial charge is 0.497 e. The van der Waals surface area contributed by atoms with Crippen LogP contribution in [0.5, 0.6) is 11.5 Å². The van der Waals surface area contributed by atoms with Crippen LogP contribution in [0.3, 0.4) is 0 Å². The highest BCUT2D eigenvalue weighted by molar-refractivity contribution is 5.78. The molecule has 1 heterocycles. The SMILES string of the molecule is COCCCNC(=O)CN1CCCC1c1cc(OC)ccc1OC. The molecule has 6 nitrogen and oxygen atoms in total. The molecule has 0 bridgehead atoms. The summed E-state index contributed by atoms with van der Waals surface area (Å²) in [6, 6.07) is 6.01. The van der Waals surface area contributed by atoms with Crippen molar-refractivity contribution in [3.05, 3.63) is 23.8 Å². The Hall–Kier alpha value is -1.79. The van der Waals surface area contributed by atoms with Gasteiger partial charge in [-0.2, -0.15) is 0 Å². The van der Waals surface area contributed by atoms with Gasteiger partial charge in [-0.1, -0.05) is 0 Å². The third-order valence-electron chi connectivity index (χ3n) is 4.35. The van der Waals surface area contributed by atoms with Crippen LogP contribution in [0.2, 0.25) is 0 Å². The van der Waals surface area contributed by atoms with Crippen LogP contribution in [0.15, 0.2) is 18.2 Å². The highest BCUT2D eigenvalue weighted by Gasteiger charge is 2.29. The molecule has 1 N–H and O–H groups in total. The van der Waals surface area contributed by atoms with Gasteiger partial charge in [0, 0.05) is 31.9 Å². The summed E-state index contributed by atoms with van der Waals surface area (Å²) < 4.78 is 15.8. The normalized spacial score (nSPS) is 17.7. The van der Waals surface area contributed by atoms with E-state index in [1.165, 1.54) is 0 Å². The van der Waals surface area contributed by atoms with E-state index in [-0.39, 0.29) is 11.9 Å². The van der Waals surface area contributed by atoms with E-state index >= 15 is 0 Å². The number of nitrogens with zero attached hydrogens (tertiary/aromatic N) is 1. The number of hydrogen-bond acceptors (Lipinski definition) is 5. The van der Waals surface area contributed by atoms with Gasteiger partial charge < -0.3 is 19.5 Å². The van der Waals surface area contributed by atoms with E-state index < -0.39 is 0 Å². The lowest BCUT2D eigenvalue weighted by Gasteiger charge is -2.26. The summed E-state index contributed by atoms with van der Waals surface area (Å²) in [6.07, 6.45) is 2.91. The first kappa shape index (κ1) is 18.5. The second-order valence-electron chi connectivity index (χ2n) is 5.93. The molecule has 1 aromatic rings. The first-order chi connectivity index (χ1) is 11.7. The molecule has 0 aromatic heterocycles. The predicted molar refractivity (Wildman–Crippen MR) is 92.6 cm³/mol. The lowest BCUT2D eigenvalue weighted by atomic mass is 10.0. The number of hydrogen-bond donors (Lipinski definition) is 1. The third-order valence-corrected chi connectivity index (χ3v) is 4.35. The van der Waals surface area contributed by atoms with Crippen LogP contribution in [0.1, 0.15) is 30.9 Å². The number of methoxy groups -OCH3 is 3. The first-order valence-electron chi connectivity index (χ1n) is 8.41. The quantitative estimate of drug-likeness (QED) is 0.699. The number of carbonyl (C=O) groups is 1. The van der Waals surface area contributed by atoms with Crippen LogP contribution in [0.25, 0.3) is 0 Å². The van der Waals surface area contributed by atoms with Gasteiger partial charge in [-0.25, -0.2) is 0 Å². The average molecular weight is 336 g/mol. The van der Waals surface area contributed by atoms with Crippen molar-refractivity contribution < 1.29 is 19.0 Å². The molecule has 24 heavy (non-hydrogen) atoms. The van der Waals surface area contributed by atoms with Crippen LogP contribution in [0.4, 0.5) is 0 Å². The molecule has 1 aromatic carbocycles. The van der Waals surface area contributed by atoms with Crippen molar-refractivity contribution in [3.8, 4) is 11.5 Å². The molecule has 134 valence electrons. The molecular weight excluding hydrogens is 308 g/mol. The molecule has 1 unspecified atom stereocenters. The maximum absolute atomic E-state index is 12.2. The molecule has 1 fully saturated rings. The molecule has 2 rings (SSSR count). The van der Waals surface area contributed by atoms with Crippen molar-refractivity contribution >= 4 is 5.91 Å². The molecule has 1 aliphatic heterocycles. The van der Waals surface area contributed by atoms with Crippen molar-refractivity contribution in [1.82, 2.24) is 10.2 Å². The van der Waals surface area contributed by atoms with Crippen molar-refractivity contribution in [3.63, 3.8) is 0 Å². The number of carbonyl (C=O) groups excluding carboxylic acids is 1. The van der Waals surface area contributed by atoms with Gasteiger partial charge in [0.25, 0.3) is 0 Å². The molecule has 0 saturated carbocycles. The van der Waals surface area contributed by atoms with E-state index in [4.69, 9.17) is 14.2 Å². The van der Waals surface area contributed by atoms with E-state index in [0.717, 1.165) is 42.9 Å². The Morgan fingerprint density at radius 3 is 2.83 bits per heavy atom. The van der Waals surface area contributed by atoms with Crippen molar-refractivity contribution in [2.75, 3.05) is 47.6 Å². The zero-order valence-corrected chi connectivity index (χ0v) is 14.8. The zero-order valence-electron chi connectivity index (χ0n) is 14.8. The summed E-state index contributed by atoms with van der Waals surface area (Å²) in [5.74, 6) is 1.70. The van der Waals surface area contributed by atoms with E-state index in [0.29, 0.717) is 19.7 Å². The fourth-order valence-electron chi connectivity index (χ4n) is 3.15. The third kappa shape index (κ3) is 4.85. The van der Waals surface area contributed by atoms with E-state index in [9.17, 15) is 4.79 Å². The molecule has 0 radical (unpaired) electrons. The summed E-state index contributed by atoms with van der Waals surface area (Å²) in [5, 5.41) is 2.95. The topological polar surface area (TPSA) is 60.0 Å². The molecule has 0 aliphatic carbocycles. The molecule has 0 spiro atoms. The fraction of sp³-hybridized carbons (Fsp3) is 0.611. The van der Waals surface area contributed by atoms with Gasteiger partial charge in [0.2, 0.25) is 5.91 Å². The minimum absolute atomic E-state index is 0.0554. The Balaban J connectivity index is 2.01. The first-order valence-corrected chi connectivity index (χ1v) is 8.41. The van der Waals surface area contributed by atoms with Crippen LogP contribution in [-0.2, 0) is 9.53 Å². The second kappa shape index (κ2) is 9.49. The highest BCUT2D eigenvalue weighted by Crippen LogP contribution is 2.38. The van der Waals surface area contributed by atoms with Gasteiger partial charge in [-0.05, 0) is 44.0 Å².